The molecule has 1 aromatic rings. The zero-order valence-corrected chi connectivity index (χ0v) is 11.2. The molecule has 3 heteroatoms. The summed E-state index contributed by atoms with van der Waals surface area (Å²) in [6.45, 7) is 4.95. The van der Waals surface area contributed by atoms with Gasteiger partial charge in [0.25, 0.3) is 0 Å². The Balaban J connectivity index is 1.69. The van der Waals surface area contributed by atoms with Gasteiger partial charge in [0, 0.05) is 24.5 Å². The normalized spacial score (nSPS) is 23.7. The number of nitrogens with zero attached hydrogens (tertiary/aromatic N) is 2. The Labute approximate surface area is 110 Å². The summed E-state index contributed by atoms with van der Waals surface area (Å²) in [5.41, 5.74) is 8.52. The van der Waals surface area contributed by atoms with Crippen LogP contribution in [-0.2, 0) is 0 Å². The van der Waals surface area contributed by atoms with Crippen molar-refractivity contribution in [2.24, 2.45) is 5.41 Å². The average molecular weight is 245 g/mol. The number of piperidine rings is 1. The number of rotatable bonds is 1. The Morgan fingerprint density at radius 2 is 1.61 bits per heavy atom. The SMILES string of the molecule is CN1CCC2(CC1)CCN(c1ccc(N)cc1)C2. The van der Waals surface area contributed by atoms with Crippen LogP contribution in [0.25, 0.3) is 0 Å². The first-order valence-electron chi connectivity index (χ1n) is 6.96. The van der Waals surface area contributed by atoms with Gasteiger partial charge in [0.1, 0.15) is 0 Å². The smallest absolute Gasteiger partial charge is 0.0367 e. The topological polar surface area (TPSA) is 32.5 Å². The van der Waals surface area contributed by atoms with Crippen LogP contribution in [0.4, 0.5) is 11.4 Å². The van der Waals surface area contributed by atoms with Gasteiger partial charge in [0.15, 0.2) is 0 Å². The number of likely N-dealkylation sites (tertiary alicyclic amines) is 1. The molecule has 2 aliphatic rings. The van der Waals surface area contributed by atoms with Gasteiger partial charge in [-0.1, -0.05) is 0 Å². The molecule has 3 rings (SSSR count). The fourth-order valence-electron chi connectivity index (χ4n) is 3.34. The van der Waals surface area contributed by atoms with Gasteiger partial charge in [-0.15, -0.1) is 0 Å². The lowest BCUT2D eigenvalue weighted by Crippen LogP contribution is -2.39. The molecule has 1 spiro atoms. The van der Waals surface area contributed by atoms with Gasteiger partial charge in [-0.2, -0.15) is 0 Å². The molecule has 0 aromatic heterocycles. The molecule has 0 atom stereocenters. The molecule has 0 amide bonds. The molecule has 0 aliphatic carbocycles. The largest absolute Gasteiger partial charge is 0.399 e. The van der Waals surface area contributed by atoms with E-state index in [4.69, 9.17) is 5.73 Å². The molecule has 2 aliphatic heterocycles. The van der Waals surface area contributed by atoms with Crippen LogP contribution in [0.15, 0.2) is 24.3 Å². The summed E-state index contributed by atoms with van der Waals surface area (Å²) >= 11 is 0. The highest BCUT2D eigenvalue weighted by Crippen LogP contribution is 2.41. The molecule has 0 radical (unpaired) electrons. The molecule has 18 heavy (non-hydrogen) atoms. The number of nitrogen functional groups attached to an aromatic ring is 1. The zero-order valence-electron chi connectivity index (χ0n) is 11.2. The van der Waals surface area contributed by atoms with Gasteiger partial charge in [-0.3, -0.25) is 0 Å². The van der Waals surface area contributed by atoms with E-state index in [0.29, 0.717) is 5.41 Å². The summed E-state index contributed by atoms with van der Waals surface area (Å²) < 4.78 is 0. The van der Waals surface area contributed by atoms with Gasteiger partial charge in [-0.05, 0) is 69.1 Å². The van der Waals surface area contributed by atoms with Gasteiger partial charge in [0.2, 0.25) is 0 Å². The Morgan fingerprint density at radius 1 is 1.00 bits per heavy atom. The van der Waals surface area contributed by atoms with Crippen molar-refractivity contribution in [3.8, 4) is 0 Å². The third-order valence-electron chi connectivity index (χ3n) is 4.74. The number of hydrogen-bond acceptors (Lipinski definition) is 3. The maximum absolute atomic E-state index is 5.75. The van der Waals surface area contributed by atoms with Crippen LogP contribution in [0.5, 0.6) is 0 Å². The number of anilines is 2. The van der Waals surface area contributed by atoms with E-state index in [1.807, 2.05) is 12.1 Å². The van der Waals surface area contributed by atoms with Crippen molar-refractivity contribution in [2.45, 2.75) is 19.3 Å². The van der Waals surface area contributed by atoms with Crippen LogP contribution in [0.1, 0.15) is 19.3 Å². The molecule has 0 bridgehead atoms. The van der Waals surface area contributed by atoms with Gasteiger partial charge in [-0.25, -0.2) is 0 Å². The standard InChI is InChI=1S/C15H23N3/c1-17-9-6-15(7-10-17)8-11-18(12-15)14-4-2-13(16)3-5-14/h2-5H,6-12,16H2,1H3. The lowest BCUT2D eigenvalue weighted by Gasteiger charge is -2.37. The predicted octanol–water partition coefficient (Wildman–Crippen LogP) is 2.19. The van der Waals surface area contributed by atoms with Crippen LogP contribution >= 0.6 is 0 Å². The molecule has 2 saturated heterocycles. The maximum atomic E-state index is 5.75. The summed E-state index contributed by atoms with van der Waals surface area (Å²) in [4.78, 5) is 4.99. The third kappa shape index (κ3) is 2.19. The first-order chi connectivity index (χ1) is 8.67. The second-order valence-corrected chi connectivity index (χ2v) is 6.07. The first-order valence-corrected chi connectivity index (χ1v) is 6.96. The number of benzene rings is 1. The number of hydrogen-bond donors (Lipinski definition) is 1. The van der Waals surface area contributed by atoms with E-state index in [9.17, 15) is 0 Å². The molecule has 2 heterocycles. The summed E-state index contributed by atoms with van der Waals surface area (Å²) in [5.74, 6) is 0. The zero-order chi connectivity index (χ0) is 12.6. The van der Waals surface area contributed by atoms with Crippen LogP contribution in [0.2, 0.25) is 0 Å². The third-order valence-corrected chi connectivity index (χ3v) is 4.74. The predicted molar refractivity (Wildman–Crippen MR) is 76.8 cm³/mol. The minimum Gasteiger partial charge on any atom is -0.399 e. The van der Waals surface area contributed by atoms with Crippen molar-refractivity contribution in [3.63, 3.8) is 0 Å². The Kier molecular flexibility index (Phi) is 2.94. The fourth-order valence-corrected chi connectivity index (χ4v) is 3.34. The highest BCUT2D eigenvalue weighted by atomic mass is 15.2. The molecule has 0 unspecified atom stereocenters. The van der Waals surface area contributed by atoms with Crippen LogP contribution < -0.4 is 10.6 Å². The molecule has 2 N–H and O–H groups in total. The summed E-state index contributed by atoms with van der Waals surface area (Å²) in [5, 5.41) is 0. The molecular formula is C15H23N3. The second-order valence-electron chi connectivity index (χ2n) is 6.07. The van der Waals surface area contributed by atoms with E-state index in [2.05, 4.69) is 29.0 Å². The molecule has 2 fully saturated rings. The van der Waals surface area contributed by atoms with E-state index < -0.39 is 0 Å². The monoisotopic (exact) mass is 245 g/mol. The average Bonchev–Trinajstić information content (AvgIpc) is 2.79. The van der Waals surface area contributed by atoms with Gasteiger partial charge >= 0.3 is 0 Å². The Bertz CT molecular complexity index is 404. The van der Waals surface area contributed by atoms with E-state index in [1.54, 1.807) is 0 Å². The molecule has 1 aromatic carbocycles. The van der Waals surface area contributed by atoms with E-state index in [0.717, 1.165) is 5.69 Å². The molecular weight excluding hydrogens is 222 g/mol. The second kappa shape index (κ2) is 4.47. The van der Waals surface area contributed by atoms with Gasteiger partial charge < -0.3 is 15.5 Å². The minimum atomic E-state index is 0.577. The lowest BCUT2D eigenvalue weighted by atomic mass is 9.78. The number of nitrogens with two attached hydrogens (primary N) is 1. The molecule has 3 nitrogen and oxygen atoms in total. The quantitative estimate of drug-likeness (QED) is 0.770. The fraction of sp³-hybridized carbons (Fsp3) is 0.600. The van der Waals surface area contributed by atoms with E-state index in [1.165, 1.54) is 51.1 Å². The minimum absolute atomic E-state index is 0.577. The summed E-state index contributed by atoms with van der Waals surface area (Å²) in [6, 6.07) is 8.33. The van der Waals surface area contributed by atoms with Crippen LogP contribution in [0.3, 0.4) is 0 Å². The molecule has 0 saturated carbocycles. The van der Waals surface area contributed by atoms with Crippen molar-refractivity contribution < 1.29 is 0 Å². The Morgan fingerprint density at radius 3 is 2.28 bits per heavy atom. The van der Waals surface area contributed by atoms with Crippen molar-refractivity contribution in [2.75, 3.05) is 43.9 Å². The van der Waals surface area contributed by atoms with Crippen molar-refractivity contribution in [1.82, 2.24) is 4.90 Å². The van der Waals surface area contributed by atoms with Crippen LogP contribution in [-0.4, -0.2) is 38.1 Å². The lowest BCUT2D eigenvalue weighted by molar-refractivity contribution is 0.142. The van der Waals surface area contributed by atoms with E-state index in [-0.39, 0.29) is 0 Å². The van der Waals surface area contributed by atoms with Crippen molar-refractivity contribution in [3.05, 3.63) is 24.3 Å². The van der Waals surface area contributed by atoms with Crippen molar-refractivity contribution >= 4 is 11.4 Å². The Hall–Kier alpha value is -1.22. The maximum Gasteiger partial charge on any atom is 0.0367 e. The summed E-state index contributed by atoms with van der Waals surface area (Å²) in [7, 11) is 2.24. The van der Waals surface area contributed by atoms with E-state index >= 15 is 0 Å². The highest BCUT2D eigenvalue weighted by molar-refractivity contribution is 5.54. The summed E-state index contributed by atoms with van der Waals surface area (Å²) in [6.07, 6.45) is 4.06. The van der Waals surface area contributed by atoms with Crippen molar-refractivity contribution in [1.29, 1.82) is 0 Å². The first kappa shape index (κ1) is 11.8. The van der Waals surface area contributed by atoms with Crippen LogP contribution in [0, 0.1) is 5.41 Å². The highest BCUT2D eigenvalue weighted by Gasteiger charge is 2.39. The van der Waals surface area contributed by atoms with Gasteiger partial charge in [0.05, 0.1) is 0 Å². The molecule has 98 valence electrons.